The van der Waals surface area contributed by atoms with Crippen LogP contribution in [0.3, 0.4) is 0 Å². The summed E-state index contributed by atoms with van der Waals surface area (Å²) in [4.78, 5) is 14.0. The van der Waals surface area contributed by atoms with Gasteiger partial charge in [0, 0.05) is 22.6 Å². The van der Waals surface area contributed by atoms with Gasteiger partial charge in [0.05, 0.1) is 10.9 Å². The van der Waals surface area contributed by atoms with Crippen molar-refractivity contribution in [2.75, 3.05) is 5.32 Å². The smallest absolute Gasteiger partial charge is 0.162 e. The van der Waals surface area contributed by atoms with Gasteiger partial charge in [-0.15, -0.1) is 11.8 Å². The zero-order chi connectivity index (χ0) is 18.1. The standard InChI is InChI=1S/C23H25NOS/c1-3-15(2)16-11-13-17(14-12-16)23-22-19(8-6-9-20(22)25)24-18-7-4-5-10-21(18)26-23/h4-5,7,10-15,23-24H,3,6,8-9H2,1-2H3/t15-,23-/m1/s1. The van der Waals surface area contributed by atoms with Gasteiger partial charge < -0.3 is 5.32 Å². The molecule has 1 N–H and O–H groups in total. The van der Waals surface area contributed by atoms with Crippen LogP contribution >= 0.6 is 11.8 Å². The summed E-state index contributed by atoms with van der Waals surface area (Å²) in [6.45, 7) is 4.49. The van der Waals surface area contributed by atoms with Crippen LogP contribution in [0.4, 0.5) is 5.69 Å². The monoisotopic (exact) mass is 363 g/mol. The first kappa shape index (κ1) is 17.4. The van der Waals surface area contributed by atoms with Crippen molar-refractivity contribution in [2.45, 2.75) is 55.6 Å². The quantitative estimate of drug-likeness (QED) is 0.678. The summed E-state index contributed by atoms with van der Waals surface area (Å²) < 4.78 is 0. The third-order valence-electron chi connectivity index (χ3n) is 5.56. The highest BCUT2D eigenvalue weighted by molar-refractivity contribution is 8.00. The van der Waals surface area contributed by atoms with Crippen LogP contribution in [0.1, 0.15) is 61.8 Å². The number of para-hydroxylation sites is 1. The fraction of sp³-hybridized carbons (Fsp3) is 0.348. The fourth-order valence-corrected chi connectivity index (χ4v) is 5.13. The molecule has 2 nitrogen and oxygen atoms in total. The maximum absolute atomic E-state index is 12.8. The van der Waals surface area contributed by atoms with E-state index in [1.165, 1.54) is 16.0 Å². The number of Topliss-reactive ketones (excluding diaryl/α,β-unsaturated/α-hetero) is 1. The molecule has 1 aliphatic carbocycles. The molecule has 2 aliphatic rings. The van der Waals surface area contributed by atoms with Gasteiger partial charge in [0.25, 0.3) is 0 Å². The van der Waals surface area contributed by atoms with E-state index in [1.54, 1.807) is 11.8 Å². The van der Waals surface area contributed by atoms with E-state index >= 15 is 0 Å². The fourth-order valence-electron chi connectivity index (χ4n) is 3.79. The second kappa shape index (κ2) is 7.32. The Balaban J connectivity index is 1.78. The van der Waals surface area contributed by atoms with Crippen LogP contribution in [0.25, 0.3) is 0 Å². The zero-order valence-corrected chi connectivity index (χ0v) is 16.2. The number of nitrogens with one attached hydrogen (secondary N) is 1. The summed E-state index contributed by atoms with van der Waals surface area (Å²) in [7, 11) is 0. The van der Waals surface area contributed by atoms with E-state index in [0.717, 1.165) is 36.2 Å². The number of anilines is 1. The molecule has 0 fully saturated rings. The number of hydrogen-bond acceptors (Lipinski definition) is 3. The number of ketones is 1. The summed E-state index contributed by atoms with van der Waals surface area (Å²) >= 11 is 1.80. The van der Waals surface area contributed by atoms with Crippen molar-refractivity contribution in [1.29, 1.82) is 0 Å². The number of benzene rings is 2. The molecule has 4 rings (SSSR count). The summed E-state index contributed by atoms with van der Waals surface area (Å²) in [6.07, 6.45) is 3.70. The molecular formula is C23H25NOS. The Morgan fingerprint density at radius 1 is 1.12 bits per heavy atom. The first-order chi connectivity index (χ1) is 12.7. The SMILES string of the molecule is CC[C@@H](C)c1ccc([C@H]2Sc3ccccc3NC3=C2C(=O)CCC3)cc1. The van der Waals surface area contributed by atoms with Crippen molar-refractivity contribution in [3.05, 3.63) is 70.9 Å². The van der Waals surface area contributed by atoms with Crippen LogP contribution in [-0.4, -0.2) is 5.78 Å². The zero-order valence-electron chi connectivity index (χ0n) is 15.4. The minimum Gasteiger partial charge on any atom is -0.358 e. The molecule has 1 aliphatic heterocycles. The van der Waals surface area contributed by atoms with Crippen molar-refractivity contribution in [1.82, 2.24) is 0 Å². The molecule has 0 radical (unpaired) electrons. The van der Waals surface area contributed by atoms with Gasteiger partial charge in [-0.1, -0.05) is 50.2 Å². The van der Waals surface area contributed by atoms with Gasteiger partial charge in [-0.25, -0.2) is 0 Å². The van der Waals surface area contributed by atoms with E-state index in [1.807, 2.05) is 0 Å². The van der Waals surface area contributed by atoms with Gasteiger partial charge in [0.2, 0.25) is 0 Å². The van der Waals surface area contributed by atoms with E-state index in [9.17, 15) is 4.79 Å². The van der Waals surface area contributed by atoms with Crippen LogP contribution in [0, 0.1) is 0 Å². The Kier molecular flexibility index (Phi) is 4.90. The van der Waals surface area contributed by atoms with Crippen molar-refractivity contribution >= 4 is 23.2 Å². The molecule has 0 unspecified atom stereocenters. The summed E-state index contributed by atoms with van der Waals surface area (Å²) in [6, 6.07) is 17.3. The van der Waals surface area contributed by atoms with Gasteiger partial charge in [-0.2, -0.15) is 0 Å². The molecule has 1 heterocycles. The van der Waals surface area contributed by atoms with Gasteiger partial charge in [0.15, 0.2) is 5.78 Å². The number of allylic oxidation sites excluding steroid dienone is 1. The number of hydrogen-bond donors (Lipinski definition) is 1. The molecule has 2 atom stereocenters. The molecule has 0 saturated heterocycles. The Morgan fingerprint density at radius 2 is 1.88 bits per heavy atom. The molecule has 0 saturated carbocycles. The van der Waals surface area contributed by atoms with E-state index in [2.05, 4.69) is 67.7 Å². The molecule has 0 aromatic heterocycles. The van der Waals surface area contributed by atoms with Crippen molar-refractivity contribution < 1.29 is 4.79 Å². The maximum Gasteiger partial charge on any atom is 0.162 e. The van der Waals surface area contributed by atoms with Crippen LogP contribution in [0.2, 0.25) is 0 Å². The van der Waals surface area contributed by atoms with E-state index in [4.69, 9.17) is 0 Å². The van der Waals surface area contributed by atoms with Crippen LogP contribution in [-0.2, 0) is 4.79 Å². The van der Waals surface area contributed by atoms with Gasteiger partial charge in [0.1, 0.15) is 0 Å². The minimum atomic E-state index is 0.0694. The molecule has 2 aromatic carbocycles. The highest BCUT2D eigenvalue weighted by atomic mass is 32.2. The number of thioether (sulfide) groups is 1. The lowest BCUT2D eigenvalue weighted by Crippen LogP contribution is -2.19. The summed E-state index contributed by atoms with van der Waals surface area (Å²) in [5.74, 6) is 0.870. The summed E-state index contributed by atoms with van der Waals surface area (Å²) in [5.41, 5.74) is 5.82. The number of rotatable bonds is 3. The Morgan fingerprint density at radius 3 is 2.65 bits per heavy atom. The summed E-state index contributed by atoms with van der Waals surface area (Å²) in [5, 5.41) is 3.64. The molecular weight excluding hydrogens is 338 g/mol. The molecule has 134 valence electrons. The molecule has 2 aromatic rings. The Labute approximate surface area is 160 Å². The Bertz CT molecular complexity index is 853. The number of carbonyl (C=O) groups excluding carboxylic acids is 1. The van der Waals surface area contributed by atoms with Crippen LogP contribution in [0.5, 0.6) is 0 Å². The van der Waals surface area contributed by atoms with Gasteiger partial charge in [-0.05, 0) is 48.4 Å². The van der Waals surface area contributed by atoms with Crippen molar-refractivity contribution in [3.63, 3.8) is 0 Å². The lowest BCUT2D eigenvalue weighted by molar-refractivity contribution is -0.116. The lowest BCUT2D eigenvalue weighted by Gasteiger charge is -2.24. The highest BCUT2D eigenvalue weighted by Crippen LogP contribution is 2.49. The average Bonchev–Trinajstić information content (AvgIpc) is 2.85. The largest absolute Gasteiger partial charge is 0.358 e. The second-order valence-corrected chi connectivity index (χ2v) is 8.41. The predicted molar refractivity (Wildman–Crippen MR) is 110 cm³/mol. The molecule has 0 bridgehead atoms. The predicted octanol–water partition coefficient (Wildman–Crippen LogP) is 6.47. The average molecular weight is 364 g/mol. The first-order valence-corrected chi connectivity index (χ1v) is 10.4. The first-order valence-electron chi connectivity index (χ1n) is 9.56. The van der Waals surface area contributed by atoms with E-state index < -0.39 is 0 Å². The molecule has 0 spiro atoms. The number of fused-ring (bicyclic) bond motifs is 1. The highest BCUT2D eigenvalue weighted by Gasteiger charge is 2.32. The topological polar surface area (TPSA) is 29.1 Å². The third kappa shape index (κ3) is 3.21. The number of carbonyl (C=O) groups is 1. The van der Waals surface area contributed by atoms with Crippen molar-refractivity contribution in [2.24, 2.45) is 0 Å². The van der Waals surface area contributed by atoms with E-state index in [0.29, 0.717) is 18.1 Å². The van der Waals surface area contributed by atoms with Crippen molar-refractivity contribution in [3.8, 4) is 0 Å². The second-order valence-electron chi connectivity index (χ2n) is 7.26. The van der Waals surface area contributed by atoms with Crippen LogP contribution in [0.15, 0.2) is 64.7 Å². The molecule has 3 heteroatoms. The molecule has 0 amide bonds. The van der Waals surface area contributed by atoms with Crippen LogP contribution < -0.4 is 5.32 Å². The van der Waals surface area contributed by atoms with Gasteiger partial charge in [-0.3, -0.25) is 4.79 Å². The van der Waals surface area contributed by atoms with E-state index in [-0.39, 0.29) is 5.25 Å². The Hall–Kier alpha value is -2.00. The van der Waals surface area contributed by atoms with Gasteiger partial charge >= 0.3 is 0 Å². The minimum absolute atomic E-state index is 0.0694. The maximum atomic E-state index is 12.8. The third-order valence-corrected chi connectivity index (χ3v) is 6.91. The molecule has 26 heavy (non-hydrogen) atoms. The lowest BCUT2D eigenvalue weighted by atomic mass is 9.89. The normalized spacial score (nSPS) is 20.7.